The lowest BCUT2D eigenvalue weighted by molar-refractivity contribution is 1.33. The lowest BCUT2D eigenvalue weighted by Gasteiger charge is -2.01. The van der Waals surface area contributed by atoms with Crippen LogP contribution in [0.5, 0.6) is 0 Å². The Morgan fingerprint density at radius 3 is 2.47 bits per heavy atom. The van der Waals surface area contributed by atoms with Crippen molar-refractivity contribution in [2.45, 2.75) is 36.7 Å². The van der Waals surface area contributed by atoms with E-state index in [4.69, 9.17) is 0 Å². The second-order valence-corrected chi connectivity index (χ2v) is 9.39. The second kappa shape index (κ2) is 5.28. The molecule has 1 radical (unpaired) electrons. The molecule has 1 aromatic rings. The van der Waals surface area contributed by atoms with Crippen LogP contribution in [0.2, 0.25) is 19.6 Å². The van der Waals surface area contributed by atoms with Crippen LogP contribution in [0.15, 0.2) is 23.1 Å². The van der Waals surface area contributed by atoms with Gasteiger partial charge in [0.1, 0.15) is 0 Å². The molecular formula is C15H19SSi. The summed E-state index contributed by atoms with van der Waals surface area (Å²) in [5.74, 6) is 0. The number of allylic oxidation sites excluding steroid dienone is 1. The van der Waals surface area contributed by atoms with E-state index < -0.39 is 0 Å². The topological polar surface area (TPSA) is 0 Å². The van der Waals surface area contributed by atoms with E-state index in [2.05, 4.69) is 63.0 Å². The first-order valence-electron chi connectivity index (χ1n) is 6.04. The fourth-order valence-electron chi connectivity index (χ4n) is 1.93. The highest BCUT2D eigenvalue weighted by Crippen LogP contribution is 2.28. The monoisotopic (exact) mass is 259 g/mol. The highest BCUT2D eigenvalue weighted by atomic mass is 32.2. The standard InChI is InChI=1S/C12H10S.C3H9Si/c1-8-7-10-6-5-9-3-2-4-11(9)12(10)13-8;1-4(2)3/h2-8H,1H3;1-3H3. The van der Waals surface area contributed by atoms with E-state index in [1.54, 1.807) is 0 Å². The molecule has 1 aromatic carbocycles. The number of rotatable bonds is 0. The summed E-state index contributed by atoms with van der Waals surface area (Å²) in [6, 6.07) is 4.44. The van der Waals surface area contributed by atoms with Gasteiger partial charge in [0, 0.05) is 18.9 Å². The zero-order valence-electron chi connectivity index (χ0n) is 10.9. The maximum atomic E-state index is 2.34. The average Bonchev–Trinajstić information content (AvgIpc) is 2.79. The van der Waals surface area contributed by atoms with E-state index in [0.29, 0.717) is 5.25 Å². The van der Waals surface area contributed by atoms with Crippen LogP contribution in [-0.2, 0) is 0 Å². The van der Waals surface area contributed by atoms with Crippen LogP contribution in [-0.4, -0.2) is 14.0 Å². The normalized spacial score (nSPS) is 19.0. The third-order valence-electron chi connectivity index (χ3n) is 2.52. The first-order chi connectivity index (χ1) is 8.08. The van der Waals surface area contributed by atoms with Gasteiger partial charge in [-0.25, -0.2) is 0 Å². The minimum atomic E-state index is 0.120. The van der Waals surface area contributed by atoms with E-state index in [0.717, 1.165) is 0 Å². The lowest BCUT2D eigenvalue weighted by Crippen LogP contribution is -2.11. The van der Waals surface area contributed by atoms with Crippen LogP contribution >= 0.6 is 11.8 Å². The van der Waals surface area contributed by atoms with Crippen LogP contribution < -0.4 is 10.4 Å². The first kappa shape index (κ1) is 12.7. The van der Waals surface area contributed by atoms with Crippen LogP contribution in [0.4, 0.5) is 0 Å². The Morgan fingerprint density at radius 2 is 1.76 bits per heavy atom. The maximum absolute atomic E-state index is 2.34. The smallest absolute Gasteiger partial charge is 0.0379 e. The number of hydrogen-bond donors (Lipinski definition) is 0. The predicted molar refractivity (Wildman–Crippen MR) is 82.3 cm³/mol. The van der Waals surface area contributed by atoms with Crippen molar-refractivity contribution in [1.29, 1.82) is 0 Å². The third-order valence-corrected chi connectivity index (χ3v) is 3.72. The molecule has 0 saturated heterocycles. The minimum Gasteiger partial charge on any atom is -0.118 e. The van der Waals surface area contributed by atoms with Crippen LogP contribution in [0.25, 0.3) is 18.2 Å². The summed E-state index contributed by atoms with van der Waals surface area (Å²) in [5.41, 5.74) is 1.42. The van der Waals surface area contributed by atoms with Gasteiger partial charge in [-0.1, -0.05) is 56.1 Å². The zero-order valence-corrected chi connectivity index (χ0v) is 12.8. The van der Waals surface area contributed by atoms with Crippen molar-refractivity contribution in [1.82, 2.24) is 0 Å². The molecule has 1 unspecified atom stereocenters. The van der Waals surface area contributed by atoms with Crippen molar-refractivity contribution < 1.29 is 0 Å². The molecule has 1 heterocycles. The number of thioether (sulfide) groups is 1. The van der Waals surface area contributed by atoms with Crippen molar-refractivity contribution in [2.75, 3.05) is 0 Å². The quantitative estimate of drug-likeness (QED) is 0.645. The van der Waals surface area contributed by atoms with Gasteiger partial charge in [-0.3, -0.25) is 0 Å². The van der Waals surface area contributed by atoms with Crippen LogP contribution in [0.1, 0.15) is 12.5 Å². The van der Waals surface area contributed by atoms with Gasteiger partial charge in [0.2, 0.25) is 0 Å². The largest absolute Gasteiger partial charge is 0.118 e. The summed E-state index contributed by atoms with van der Waals surface area (Å²) in [6.45, 7) is 9.06. The Hall–Kier alpha value is -0.733. The van der Waals surface area contributed by atoms with Gasteiger partial charge in [-0.2, -0.15) is 0 Å². The lowest BCUT2D eigenvalue weighted by atomic mass is 10.1. The Labute approximate surface area is 110 Å². The Kier molecular flexibility index (Phi) is 3.95. The Bertz CT molecular complexity index is 552. The van der Waals surface area contributed by atoms with Crippen molar-refractivity contribution >= 4 is 38.8 Å². The van der Waals surface area contributed by atoms with Gasteiger partial charge in [-0.05, 0) is 22.9 Å². The summed E-state index contributed by atoms with van der Waals surface area (Å²) in [4.78, 5) is 1.47. The van der Waals surface area contributed by atoms with Gasteiger partial charge in [0.05, 0.1) is 0 Å². The van der Waals surface area contributed by atoms with E-state index in [9.17, 15) is 0 Å². The molecule has 0 nitrogen and oxygen atoms in total. The van der Waals surface area contributed by atoms with Gasteiger partial charge in [0.25, 0.3) is 0 Å². The number of hydrogen-bond acceptors (Lipinski definition) is 1. The molecule has 0 saturated carbocycles. The second-order valence-electron chi connectivity index (χ2n) is 5.00. The third kappa shape index (κ3) is 2.93. The van der Waals surface area contributed by atoms with Gasteiger partial charge in [0.15, 0.2) is 0 Å². The molecule has 2 aliphatic rings. The summed E-state index contributed by atoms with van der Waals surface area (Å²) in [7, 11) is 0.120. The maximum Gasteiger partial charge on any atom is 0.0379 e. The fourth-order valence-corrected chi connectivity index (χ4v) is 3.10. The zero-order chi connectivity index (χ0) is 12.4. The van der Waals surface area contributed by atoms with Crippen LogP contribution in [0, 0.1) is 0 Å². The summed E-state index contributed by atoms with van der Waals surface area (Å²) >= 11 is 1.97. The predicted octanol–water partition coefficient (Wildman–Crippen LogP) is 3.14. The number of fused-ring (bicyclic) bond motifs is 3. The molecule has 1 aliphatic carbocycles. The van der Waals surface area contributed by atoms with Crippen LogP contribution in [0.3, 0.4) is 0 Å². The van der Waals surface area contributed by atoms with Crippen molar-refractivity contribution in [3.05, 3.63) is 34.2 Å². The van der Waals surface area contributed by atoms with Crippen molar-refractivity contribution in [3.63, 3.8) is 0 Å². The molecule has 0 fully saturated rings. The molecule has 89 valence electrons. The molecule has 0 aromatic heterocycles. The van der Waals surface area contributed by atoms with E-state index in [1.165, 1.54) is 20.9 Å². The fraction of sp³-hybridized carbons (Fsp3) is 0.333. The first-order valence-corrected chi connectivity index (χ1v) is 9.92. The van der Waals surface area contributed by atoms with Gasteiger partial charge < -0.3 is 0 Å². The van der Waals surface area contributed by atoms with E-state index in [1.807, 2.05) is 11.8 Å². The molecule has 0 bridgehead atoms. The molecule has 0 spiro atoms. The molecule has 2 heteroatoms. The molecule has 0 amide bonds. The highest BCUT2D eigenvalue weighted by molar-refractivity contribution is 8.00. The van der Waals surface area contributed by atoms with Gasteiger partial charge in [-0.15, -0.1) is 11.8 Å². The highest BCUT2D eigenvalue weighted by Gasteiger charge is 2.14. The summed E-state index contributed by atoms with van der Waals surface area (Å²) in [5, 5.41) is 3.42. The number of benzene rings is 1. The Balaban J connectivity index is 0.000000239. The minimum absolute atomic E-state index is 0.120. The average molecular weight is 259 g/mol. The van der Waals surface area contributed by atoms with Gasteiger partial charge >= 0.3 is 0 Å². The van der Waals surface area contributed by atoms with E-state index in [-0.39, 0.29) is 8.80 Å². The molecular weight excluding hydrogens is 240 g/mol. The SMILES string of the molecule is CC1C=c2ccc3c(c2S1)C=CC=3.C[Si](C)C. The summed E-state index contributed by atoms with van der Waals surface area (Å²) < 4.78 is 0. The molecule has 0 N–H and O–H groups in total. The van der Waals surface area contributed by atoms with Crippen molar-refractivity contribution in [2.24, 2.45) is 0 Å². The molecule has 3 rings (SSSR count). The van der Waals surface area contributed by atoms with E-state index >= 15 is 0 Å². The molecule has 17 heavy (non-hydrogen) atoms. The van der Waals surface area contributed by atoms with Crippen molar-refractivity contribution in [3.8, 4) is 0 Å². The molecule has 1 aliphatic heterocycles. The molecule has 1 atom stereocenters. The summed E-state index contributed by atoms with van der Waals surface area (Å²) in [6.07, 6.45) is 8.87. The Morgan fingerprint density at radius 1 is 1.12 bits per heavy atom.